The lowest BCUT2D eigenvalue weighted by molar-refractivity contribution is -0.151. The first-order chi connectivity index (χ1) is 9.63. The highest BCUT2D eigenvalue weighted by Gasteiger charge is 2.19. The standard InChI is InChI=1S/C14H17NO5/c15-9-5-4-8-12(16)13(17)20-14(18)19-10-11-6-2-1-3-7-11/h1-3,6-7H,4-5,8-10,15H2. The molecule has 1 aromatic rings. The highest BCUT2D eigenvalue weighted by atomic mass is 16.7. The molecule has 1 aromatic carbocycles. The number of carbonyl (C=O) groups is 3. The molecule has 0 saturated heterocycles. The smallest absolute Gasteiger partial charge is 0.429 e. The molecule has 0 aliphatic rings. The van der Waals surface area contributed by atoms with Crippen LogP contribution in [0.3, 0.4) is 0 Å². The fourth-order valence-electron chi connectivity index (χ4n) is 1.41. The topological polar surface area (TPSA) is 95.7 Å². The largest absolute Gasteiger partial charge is 0.516 e. The molecule has 0 atom stereocenters. The third-order valence-electron chi connectivity index (χ3n) is 2.46. The van der Waals surface area contributed by atoms with E-state index >= 15 is 0 Å². The van der Waals surface area contributed by atoms with Crippen LogP contribution in [0.4, 0.5) is 4.79 Å². The van der Waals surface area contributed by atoms with Crippen molar-refractivity contribution >= 4 is 17.9 Å². The molecule has 6 heteroatoms. The second-order valence-corrected chi connectivity index (χ2v) is 4.08. The second-order valence-electron chi connectivity index (χ2n) is 4.08. The van der Waals surface area contributed by atoms with E-state index in [9.17, 15) is 14.4 Å². The molecule has 2 N–H and O–H groups in total. The number of ketones is 1. The Morgan fingerprint density at radius 3 is 2.40 bits per heavy atom. The predicted octanol–water partition coefficient (Wildman–Crippen LogP) is 1.56. The van der Waals surface area contributed by atoms with Crippen LogP contribution in [0.5, 0.6) is 0 Å². The van der Waals surface area contributed by atoms with Gasteiger partial charge >= 0.3 is 12.1 Å². The molecule has 0 bridgehead atoms. The molecule has 20 heavy (non-hydrogen) atoms. The number of carbonyl (C=O) groups excluding carboxylic acids is 3. The molecule has 0 radical (unpaired) electrons. The summed E-state index contributed by atoms with van der Waals surface area (Å²) in [5.74, 6) is -1.95. The average molecular weight is 279 g/mol. The highest BCUT2D eigenvalue weighted by Crippen LogP contribution is 2.03. The fraction of sp³-hybridized carbons (Fsp3) is 0.357. The molecule has 0 spiro atoms. The Hall–Kier alpha value is -2.21. The van der Waals surface area contributed by atoms with Crippen LogP contribution in [-0.2, 0) is 25.7 Å². The Labute approximate surface area is 116 Å². The maximum atomic E-state index is 11.3. The van der Waals surface area contributed by atoms with Crippen LogP contribution in [0.25, 0.3) is 0 Å². The number of nitrogens with two attached hydrogens (primary N) is 1. The summed E-state index contributed by atoms with van der Waals surface area (Å²) in [6, 6.07) is 8.91. The lowest BCUT2D eigenvalue weighted by Gasteiger charge is -2.04. The minimum absolute atomic E-state index is 0.0159. The quantitative estimate of drug-likeness (QED) is 0.352. The minimum atomic E-state index is -1.19. The summed E-state index contributed by atoms with van der Waals surface area (Å²) in [7, 11) is 0. The molecule has 0 aromatic heterocycles. The molecular formula is C14H17NO5. The summed E-state index contributed by atoms with van der Waals surface area (Å²) in [6.45, 7) is 0.426. The summed E-state index contributed by atoms with van der Waals surface area (Å²) >= 11 is 0. The highest BCUT2D eigenvalue weighted by molar-refractivity contribution is 6.34. The third kappa shape index (κ3) is 6.10. The van der Waals surface area contributed by atoms with Crippen molar-refractivity contribution in [1.29, 1.82) is 0 Å². The summed E-state index contributed by atoms with van der Waals surface area (Å²) in [6.07, 6.45) is -0.0331. The van der Waals surface area contributed by atoms with Crippen molar-refractivity contribution in [3.63, 3.8) is 0 Å². The molecule has 0 saturated carbocycles. The molecule has 0 fully saturated rings. The van der Waals surface area contributed by atoms with Gasteiger partial charge in [-0.15, -0.1) is 0 Å². The van der Waals surface area contributed by atoms with Gasteiger partial charge in [-0.3, -0.25) is 4.79 Å². The van der Waals surface area contributed by atoms with E-state index in [0.717, 1.165) is 5.56 Å². The number of hydrogen-bond donors (Lipinski definition) is 1. The van der Waals surface area contributed by atoms with Crippen LogP contribution in [0, 0.1) is 0 Å². The first-order valence-electron chi connectivity index (χ1n) is 6.29. The molecule has 0 aliphatic carbocycles. The van der Waals surface area contributed by atoms with Gasteiger partial charge in [0.1, 0.15) is 6.61 Å². The van der Waals surface area contributed by atoms with Crippen molar-refractivity contribution in [3.05, 3.63) is 35.9 Å². The summed E-state index contributed by atoms with van der Waals surface area (Å²) in [4.78, 5) is 33.8. The van der Waals surface area contributed by atoms with Gasteiger partial charge < -0.3 is 15.2 Å². The van der Waals surface area contributed by atoms with E-state index < -0.39 is 17.9 Å². The van der Waals surface area contributed by atoms with Gasteiger partial charge in [0.2, 0.25) is 5.78 Å². The first-order valence-corrected chi connectivity index (χ1v) is 6.29. The van der Waals surface area contributed by atoms with Crippen LogP contribution >= 0.6 is 0 Å². The molecule has 0 heterocycles. The molecule has 0 aliphatic heterocycles. The Balaban J connectivity index is 2.27. The number of unbranched alkanes of at least 4 members (excludes halogenated alkanes) is 1. The van der Waals surface area contributed by atoms with Crippen molar-refractivity contribution in [2.45, 2.75) is 25.9 Å². The zero-order chi connectivity index (χ0) is 14.8. The van der Waals surface area contributed by atoms with E-state index in [1.807, 2.05) is 6.07 Å². The summed E-state index contributed by atoms with van der Waals surface area (Å²) < 4.78 is 9.00. The molecule has 6 nitrogen and oxygen atoms in total. The van der Waals surface area contributed by atoms with Crippen LogP contribution in [0.2, 0.25) is 0 Å². The van der Waals surface area contributed by atoms with Gasteiger partial charge in [0.25, 0.3) is 0 Å². The zero-order valence-corrected chi connectivity index (χ0v) is 11.0. The van der Waals surface area contributed by atoms with Gasteiger partial charge in [0.15, 0.2) is 0 Å². The monoisotopic (exact) mass is 279 g/mol. The average Bonchev–Trinajstić information content (AvgIpc) is 2.46. The maximum Gasteiger partial charge on any atom is 0.516 e. The first kappa shape index (κ1) is 15.8. The number of ether oxygens (including phenoxy) is 2. The number of benzene rings is 1. The van der Waals surface area contributed by atoms with E-state index in [0.29, 0.717) is 19.4 Å². The summed E-state index contributed by atoms with van der Waals surface area (Å²) in [5.41, 5.74) is 6.02. The van der Waals surface area contributed by atoms with Gasteiger partial charge in [0.05, 0.1) is 0 Å². The van der Waals surface area contributed by atoms with E-state index in [2.05, 4.69) is 4.74 Å². The molecule has 0 unspecified atom stereocenters. The van der Waals surface area contributed by atoms with Crippen LogP contribution in [-0.4, -0.2) is 24.5 Å². The van der Waals surface area contributed by atoms with Gasteiger partial charge in [-0.25, -0.2) is 9.59 Å². The van der Waals surface area contributed by atoms with Gasteiger partial charge in [0, 0.05) is 6.42 Å². The number of esters is 1. The molecule has 1 rings (SSSR count). The van der Waals surface area contributed by atoms with Crippen molar-refractivity contribution in [2.75, 3.05) is 6.54 Å². The van der Waals surface area contributed by atoms with E-state index in [1.165, 1.54) is 0 Å². The van der Waals surface area contributed by atoms with E-state index in [1.54, 1.807) is 24.3 Å². The van der Waals surface area contributed by atoms with Gasteiger partial charge in [-0.1, -0.05) is 30.3 Å². The van der Waals surface area contributed by atoms with E-state index in [-0.39, 0.29) is 13.0 Å². The summed E-state index contributed by atoms with van der Waals surface area (Å²) in [5, 5.41) is 0. The minimum Gasteiger partial charge on any atom is -0.429 e. The molecule has 0 amide bonds. The second kappa shape index (κ2) is 8.82. The van der Waals surface area contributed by atoms with Gasteiger partial charge in [-0.05, 0) is 24.9 Å². The number of hydrogen-bond acceptors (Lipinski definition) is 6. The number of Topliss-reactive ketones (excluding diaryl/α,β-unsaturated/α-hetero) is 1. The Bertz CT molecular complexity index is 458. The zero-order valence-electron chi connectivity index (χ0n) is 11.0. The number of rotatable bonds is 7. The Kier molecular flexibility index (Phi) is 6.99. The maximum absolute atomic E-state index is 11.3. The molecular weight excluding hydrogens is 262 g/mol. The van der Waals surface area contributed by atoms with Crippen LogP contribution in [0.15, 0.2) is 30.3 Å². The van der Waals surface area contributed by atoms with Crippen molar-refractivity contribution in [3.8, 4) is 0 Å². The van der Waals surface area contributed by atoms with Crippen LogP contribution in [0.1, 0.15) is 24.8 Å². The van der Waals surface area contributed by atoms with E-state index in [4.69, 9.17) is 10.5 Å². The lowest BCUT2D eigenvalue weighted by atomic mass is 10.2. The SMILES string of the molecule is NCCCCC(=O)C(=O)OC(=O)OCc1ccccc1. The van der Waals surface area contributed by atoms with Gasteiger partial charge in [-0.2, -0.15) is 0 Å². The van der Waals surface area contributed by atoms with Crippen molar-refractivity contribution < 1.29 is 23.9 Å². The fourth-order valence-corrected chi connectivity index (χ4v) is 1.41. The predicted molar refractivity (Wildman–Crippen MR) is 70.6 cm³/mol. The molecule has 108 valence electrons. The van der Waals surface area contributed by atoms with Crippen molar-refractivity contribution in [2.24, 2.45) is 5.73 Å². The lowest BCUT2D eigenvalue weighted by Crippen LogP contribution is -2.22. The normalized spacial score (nSPS) is 9.85. The van der Waals surface area contributed by atoms with Crippen LogP contribution < -0.4 is 5.73 Å². The third-order valence-corrected chi connectivity index (χ3v) is 2.46. The van der Waals surface area contributed by atoms with Crippen molar-refractivity contribution in [1.82, 2.24) is 0 Å². The Morgan fingerprint density at radius 2 is 1.75 bits per heavy atom. The Morgan fingerprint density at radius 1 is 1.05 bits per heavy atom.